The van der Waals surface area contributed by atoms with E-state index in [1.807, 2.05) is 0 Å². The van der Waals surface area contributed by atoms with Crippen molar-refractivity contribution in [2.24, 2.45) is 0 Å². The van der Waals surface area contributed by atoms with Gasteiger partial charge in [0, 0.05) is 5.69 Å². The van der Waals surface area contributed by atoms with Crippen LogP contribution < -0.4 is 15.4 Å². The number of hydrogen-bond acceptors (Lipinski definition) is 5. The van der Waals surface area contributed by atoms with Gasteiger partial charge in [-0.3, -0.25) is 4.79 Å². The molecule has 28 heavy (non-hydrogen) atoms. The smallest absolute Gasteiger partial charge is 0.416 e. The third-order valence-electron chi connectivity index (χ3n) is 3.74. The number of amides is 1. The number of alkyl halides is 3. The van der Waals surface area contributed by atoms with E-state index in [0.29, 0.717) is 22.8 Å². The van der Waals surface area contributed by atoms with Crippen molar-refractivity contribution < 1.29 is 22.7 Å². The van der Waals surface area contributed by atoms with Gasteiger partial charge in [0.1, 0.15) is 5.75 Å². The molecule has 0 radical (unpaired) electrons. The van der Waals surface area contributed by atoms with E-state index in [1.165, 1.54) is 25.3 Å². The minimum absolute atomic E-state index is 0.217. The van der Waals surface area contributed by atoms with Gasteiger partial charge in [-0.1, -0.05) is 12.1 Å². The molecular weight excluding hydrogens is 373 g/mol. The van der Waals surface area contributed by atoms with Crippen LogP contribution in [0.2, 0.25) is 0 Å². The summed E-state index contributed by atoms with van der Waals surface area (Å²) in [5.41, 5.74) is 0.0328. The summed E-state index contributed by atoms with van der Waals surface area (Å²) in [7, 11) is 1.47. The maximum absolute atomic E-state index is 12.6. The zero-order valence-corrected chi connectivity index (χ0v) is 14.6. The lowest BCUT2D eigenvalue weighted by Crippen LogP contribution is -2.14. The van der Waals surface area contributed by atoms with Gasteiger partial charge in [0.2, 0.25) is 0 Å². The molecule has 3 aromatic rings. The summed E-state index contributed by atoms with van der Waals surface area (Å²) >= 11 is 0. The average molecular weight is 388 g/mol. The van der Waals surface area contributed by atoms with Crippen molar-refractivity contribution in [3.05, 3.63) is 71.8 Å². The van der Waals surface area contributed by atoms with E-state index < -0.39 is 17.6 Å². The zero-order valence-electron chi connectivity index (χ0n) is 14.6. The largest absolute Gasteiger partial charge is 0.496 e. The molecule has 0 bridgehead atoms. The first-order valence-electron chi connectivity index (χ1n) is 8.09. The van der Waals surface area contributed by atoms with Gasteiger partial charge < -0.3 is 15.4 Å². The third kappa shape index (κ3) is 4.56. The Bertz CT molecular complexity index is 958. The van der Waals surface area contributed by atoms with E-state index in [1.54, 1.807) is 30.3 Å². The predicted octanol–water partition coefficient (Wildman–Crippen LogP) is 4.50. The molecule has 1 amide bonds. The summed E-state index contributed by atoms with van der Waals surface area (Å²) in [5.74, 6) is 0.549. The topological polar surface area (TPSA) is 76.1 Å². The number of methoxy groups -OCH3 is 1. The minimum Gasteiger partial charge on any atom is -0.496 e. The van der Waals surface area contributed by atoms with Gasteiger partial charge in [-0.2, -0.15) is 13.2 Å². The number of benzene rings is 2. The molecule has 9 heteroatoms. The van der Waals surface area contributed by atoms with Gasteiger partial charge in [-0.05, 0) is 48.5 Å². The highest BCUT2D eigenvalue weighted by Crippen LogP contribution is 2.30. The normalized spacial score (nSPS) is 11.0. The predicted molar refractivity (Wildman–Crippen MR) is 97.7 cm³/mol. The second kappa shape index (κ2) is 7.95. The summed E-state index contributed by atoms with van der Waals surface area (Å²) in [6, 6.07) is 14.3. The highest BCUT2D eigenvalue weighted by molar-refractivity contribution is 6.05. The Morgan fingerprint density at radius 1 is 0.929 bits per heavy atom. The van der Waals surface area contributed by atoms with Crippen LogP contribution >= 0.6 is 0 Å². The molecule has 0 unspecified atom stereocenters. The van der Waals surface area contributed by atoms with Crippen LogP contribution in [0, 0.1) is 0 Å². The number of aromatic nitrogens is 2. The molecule has 1 heterocycles. The Balaban J connectivity index is 1.66. The van der Waals surface area contributed by atoms with Crippen molar-refractivity contribution in [2.45, 2.75) is 6.18 Å². The molecule has 0 aliphatic carbocycles. The summed E-state index contributed by atoms with van der Waals surface area (Å²) < 4.78 is 42.9. The SMILES string of the molecule is COc1ccccc1C(=O)Nc1ccc(Nc2ccc(C(F)(F)F)cc2)nn1. The van der Waals surface area contributed by atoms with E-state index >= 15 is 0 Å². The van der Waals surface area contributed by atoms with E-state index in [0.717, 1.165) is 12.1 Å². The molecule has 144 valence electrons. The molecule has 1 aromatic heterocycles. The first kappa shape index (κ1) is 19.2. The van der Waals surface area contributed by atoms with Gasteiger partial charge in [0.15, 0.2) is 11.6 Å². The number of nitrogens with one attached hydrogen (secondary N) is 2. The third-order valence-corrected chi connectivity index (χ3v) is 3.74. The van der Waals surface area contributed by atoms with Gasteiger partial charge in [0.05, 0.1) is 18.2 Å². The van der Waals surface area contributed by atoms with Gasteiger partial charge >= 0.3 is 6.18 Å². The Morgan fingerprint density at radius 2 is 1.57 bits per heavy atom. The molecule has 0 atom stereocenters. The number of carbonyl (C=O) groups excluding carboxylic acids is 1. The number of para-hydroxylation sites is 1. The maximum atomic E-state index is 12.6. The lowest BCUT2D eigenvalue weighted by atomic mass is 10.2. The standard InChI is InChI=1S/C19H15F3N4O2/c1-28-15-5-3-2-4-14(15)18(27)24-17-11-10-16(25-26-17)23-13-8-6-12(7-9-13)19(20,21)22/h2-11H,1H3,(H,23,25)(H,24,26,27). The number of carbonyl (C=O) groups is 1. The van der Waals surface area contributed by atoms with Crippen LogP contribution in [0.25, 0.3) is 0 Å². The van der Waals surface area contributed by atoms with Crippen molar-refractivity contribution in [3.63, 3.8) is 0 Å². The average Bonchev–Trinajstić information content (AvgIpc) is 2.69. The monoisotopic (exact) mass is 388 g/mol. The first-order valence-corrected chi connectivity index (χ1v) is 8.09. The number of halogens is 3. The Kier molecular flexibility index (Phi) is 5.44. The minimum atomic E-state index is -4.39. The van der Waals surface area contributed by atoms with Crippen molar-refractivity contribution in [1.29, 1.82) is 0 Å². The molecule has 0 saturated heterocycles. The molecule has 2 N–H and O–H groups in total. The van der Waals surface area contributed by atoms with E-state index in [2.05, 4.69) is 20.8 Å². The molecule has 0 aliphatic heterocycles. The van der Waals surface area contributed by atoms with Crippen molar-refractivity contribution in [2.75, 3.05) is 17.7 Å². The highest BCUT2D eigenvalue weighted by atomic mass is 19.4. The van der Waals surface area contributed by atoms with Crippen LogP contribution in [-0.4, -0.2) is 23.2 Å². The van der Waals surface area contributed by atoms with Gasteiger partial charge in [-0.15, -0.1) is 10.2 Å². The Morgan fingerprint density at radius 3 is 2.18 bits per heavy atom. The van der Waals surface area contributed by atoms with E-state index in [9.17, 15) is 18.0 Å². The highest BCUT2D eigenvalue weighted by Gasteiger charge is 2.29. The summed E-state index contributed by atoms with van der Waals surface area (Å²) in [6.45, 7) is 0. The summed E-state index contributed by atoms with van der Waals surface area (Å²) in [5, 5.41) is 13.2. The maximum Gasteiger partial charge on any atom is 0.416 e. The summed E-state index contributed by atoms with van der Waals surface area (Å²) in [4.78, 5) is 12.3. The molecule has 0 aliphatic rings. The van der Waals surface area contributed by atoms with Crippen molar-refractivity contribution in [1.82, 2.24) is 10.2 Å². The number of rotatable bonds is 5. The molecule has 0 saturated carbocycles. The first-order chi connectivity index (χ1) is 13.4. The van der Waals surface area contributed by atoms with Crippen molar-refractivity contribution in [3.8, 4) is 5.75 Å². The van der Waals surface area contributed by atoms with Crippen LogP contribution in [0.5, 0.6) is 5.75 Å². The molecule has 3 rings (SSSR count). The fraction of sp³-hybridized carbons (Fsp3) is 0.105. The molecule has 0 spiro atoms. The van der Waals surface area contributed by atoms with Crippen LogP contribution in [0.1, 0.15) is 15.9 Å². The Hall–Kier alpha value is -3.62. The molecule has 2 aromatic carbocycles. The fourth-order valence-electron chi connectivity index (χ4n) is 2.37. The van der Waals surface area contributed by atoms with Gasteiger partial charge in [-0.25, -0.2) is 0 Å². The lowest BCUT2D eigenvalue weighted by Gasteiger charge is -2.10. The number of ether oxygens (including phenoxy) is 1. The summed E-state index contributed by atoms with van der Waals surface area (Å²) in [6.07, 6.45) is -4.39. The fourth-order valence-corrected chi connectivity index (χ4v) is 2.37. The molecule has 6 nitrogen and oxygen atoms in total. The van der Waals surface area contributed by atoms with Crippen LogP contribution in [-0.2, 0) is 6.18 Å². The zero-order chi connectivity index (χ0) is 20.1. The number of anilines is 3. The second-order valence-corrected chi connectivity index (χ2v) is 5.66. The van der Waals surface area contributed by atoms with Crippen molar-refractivity contribution >= 4 is 23.2 Å². The van der Waals surface area contributed by atoms with Crippen LogP contribution in [0.15, 0.2) is 60.7 Å². The molecule has 0 fully saturated rings. The lowest BCUT2D eigenvalue weighted by molar-refractivity contribution is -0.137. The Labute approximate surface area is 158 Å². The van der Waals surface area contributed by atoms with Crippen LogP contribution in [0.3, 0.4) is 0 Å². The number of nitrogens with zero attached hydrogens (tertiary/aromatic N) is 2. The number of hydrogen-bond donors (Lipinski definition) is 2. The van der Waals surface area contributed by atoms with E-state index in [4.69, 9.17) is 4.74 Å². The van der Waals surface area contributed by atoms with Gasteiger partial charge in [0.25, 0.3) is 5.91 Å². The van der Waals surface area contributed by atoms with Crippen LogP contribution in [0.4, 0.5) is 30.5 Å². The molecular formula is C19H15F3N4O2. The second-order valence-electron chi connectivity index (χ2n) is 5.66. The quantitative estimate of drug-likeness (QED) is 0.673. The van der Waals surface area contributed by atoms with E-state index in [-0.39, 0.29) is 5.82 Å².